The summed E-state index contributed by atoms with van der Waals surface area (Å²) in [5.41, 5.74) is 1.74. The topological polar surface area (TPSA) is 61.4 Å². The van der Waals surface area contributed by atoms with Crippen LogP contribution in [0.25, 0.3) is 5.69 Å². The zero-order chi connectivity index (χ0) is 24.4. The SMILES string of the molecule is Cc1cc(CO/N=C(/c2ccc(=O)n(-c3c(Cl)cccc3Cl)c2)c2ccc(F)cc2F)nn1C. The van der Waals surface area contributed by atoms with E-state index >= 15 is 0 Å². The zero-order valence-electron chi connectivity index (χ0n) is 18.1. The first-order valence-corrected chi connectivity index (χ1v) is 10.8. The van der Waals surface area contributed by atoms with Crippen LogP contribution in [-0.2, 0) is 18.5 Å². The van der Waals surface area contributed by atoms with E-state index in [-0.39, 0.29) is 33.6 Å². The van der Waals surface area contributed by atoms with Crippen molar-refractivity contribution < 1.29 is 13.6 Å². The summed E-state index contributed by atoms with van der Waals surface area (Å²) in [7, 11) is 1.80. The van der Waals surface area contributed by atoms with Gasteiger partial charge in [-0.05, 0) is 43.3 Å². The lowest BCUT2D eigenvalue weighted by Gasteiger charge is -2.13. The number of halogens is 4. The molecule has 2 heterocycles. The molecule has 0 aliphatic rings. The van der Waals surface area contributed by atoms with Gasteiger partial charge in [0.2, 0.25) is 0 Å². The lowest BCUT2D eigenvalue weighted by molar-refractivity contribution is 0.127. The van der Waals surface area contributed by atoms with Gasteiger partial charge in [-0.1, -0.05) is 34.4 Å². The second-order valence-electron chi connectivity index (χ2n) is 7.43. The highest BCUT2D eigenvalue weighted by Crippen LogP contribution is 2.28. The van der Waals surface area contributed by atoms with Gasteiger partial charge in [-0.2, -0.15) is 5.10 Å². The monoisotopic (exact) mass is 502 g/mol. The average Bonchev–Trinajstić information content (AvgIpc) is 3.10. The smallest absolute Gasteiger partial charge is 0.255 e. The van der Waals surface area contributed by atoms with Gasteiger partial charge >= 0.3 is 0 Å². The van der Waals surface area contributed by atoms with Gasteiger partial charge in [0.15, 0.2) is 6.61 Å². The highest BCUT2D eigenvalue weighted by Gasteiger charge is 2.17. The Morgan fingerprint density at radius 3 is 2.47 bits per heavy atom. The number of hydrogen-bond acceptors (Lipinski definition) is 4. The Morgan fingerprint density at radius 2 is 1.82 bits per heavy atom. The van der Waals surface area contributed by atoms with Crippen LogP contribution in [-0.4, -0.2) is 20.1 Å². The van der Waals surface area contributed by atoms with Gasteiger partial charge in [0.05, 0.1) is 15.7 Å². The maximum Gasteiger partial charge on any atom is 0.255 e. The minimum atomic E-state index is -0.843. The van der Waals surface area contributed by atoms with Gasteiger partial charge in [-0.25, -0.2) is 8.78 Å². The molecule has 0 aliphatic heterocycles. The molecule has 0 spiro atoms. The number of aromatic nitrogens is 3. The largest absolute Gasteiger partial charge is 0.389 e. The van der Waals surface area contributed by atoms with Crippen LogP contribution in [0, 0.1) is 18.6 Å². The van der Waals surface area contributed by atoms with Gasteiger partial charge in [-0.3, -0.25) is 14.0 Å². The molecular formula is C24H18Cl2F2N4O2. The van der Waals surface area contributed by atoms with Gasteiger partial charge in [0, 0.05) is 42.2 Å². The van der Waals surface area contributed by atoms with Crippen molar-refractivity contribution in [3.05, 3.63) is 115 Å². The summed E-state index contributed by atoms with van der Waals surface area (Å²) in [4.78, 5) is 18.1. The van der Waals surface area contributed by atoms with E-state index in [4.69, 9.17) is 28.0 Å². The number of para-hydroxylation sites is 1. The molecule has 10 heteroatoms. The minimum absolute atomic E-state index is 0.0178. The molecular weight excluding hydrogens is 485 g/mol. The van der Waals surface area contributed by atoms with Gasteiger partial charge < -0.3 is 4.84 Å². The molecule has 0 amide bonds. The average molecular weight is 503 g/mol. The molecule has 0 atom stereocenters. The summed E-state index contributed by atoms with van der Waals surface area (Å²) in [6.45, 7) is 1.91. The summed E-state index contributed by atoms with van der Waals surface area (Å²) in [5.74, 6) is -1.58. The van der Waals surface area contributed by atoms with Gasteiger partial charge in [0.1, 0.15) is 23.0 Å². The molecule has 0 fully saturated rings. The third-order valence-electron chi connectivity index (χ3n) is 5.08. The second-order valence-corrected chi connectivity index (χ2v) is 8.25. The van der Waals surface area contributed by atoms with Crippen LogP contribution in [0.1, 0.15) is 22.5 Å². The number of rotatable bonds is 6. The molecule has 34 heavy (non-hydrogen) atoms. The molecule has 0 N–H and O–H groups in total. The number of oxime groups is 1. The van der Waals surface area contributed by atoms with E-state index in [1.165, 1.54) is 29.0 Å². The van der Waals surface area contributed by atoms with Crippen LogP contribution >= 0.6 is 23.2 Å². The highest BCUT2D eigenvalue weighted by molar-refractivity contribution is 6.37. The molecule has 2 aromatic heterocycles. The van der Waals surface area contributed by atoms with Crippen molar-refractivity contribution in [2.45, 2.75) is 13.5 Å². The number of aryl methyl sites for hydroxylation is 2. The summed E-state index contributed by atoms with van der Waals surface area (Å²) in [6.07, 6.45) is 1.42. The van der Waals surface area contributed by atoms with E-state index in [0.29, 0.717) is 11.3 Å². The summed E-state index contributed by atoms with van der Waals surface area (Å²) in [6, 6.07) is 12.5. The molecule has 174 valence electrons. The maximum atomic E-state index is 14.7. The van der Waals surface area contributed by atoms with E-state index in [0.717, 1.165) is 17.8 Å². The lowest BCUT2D eigenvalue weighted by Crippen LogP contribution is -2.20. The van der Waals surface area contributed by atoms with Crippen molar-refractivity contribution in [1.29, 1.82) is 0 Å². The summed E-state index contributed by atoms with van der Waals surface area (Å²) < 4.78 is 31.2. The predicted octanol–water partition coefficient (Wildman–Crippen LogP) is 5.43. The third kappa shape index (κ3) is 4.88. The Balaban J connectivity index is 1.81. The number of hydrogen-bond donors (Lipinski definition) is 0. The van der Waals surface area contributed by atoms with Crippen molar-refractivity contribution in [3.63, 3.8) is 0 Å². The highest BCUT2D eigenvalue weighted by atomic mass is 35.5. The van der Waals surface area contributed by atoms with Gasteiger partial charge in [0.25, 0.3) is 5.56 Å². The van der Waals surface area contributed by atoms with Crippen LogP contribution in [0.15, 0.2) is 70.7 Å². The van der Waals surface area contributed by atoms with Crippen molar-refractivity contribution in [2.75, 3.05) is 0 Å². The van der Waals surface area contributed by atoms with E-state index in [2.05, 4.69) is 10.3 Å². The van der Waals surface area contributed by atoms with Crippen molar-refractivity contribution >= 4 is 28.9 Å². The Hall–Kier alpha value is -3.49. The number of benzene rings is 2. The zero-order valence-corrected chi connectivity index (χ0v) is 19.6. The Kier molecular flexibility index (Phi) is 6.81. The van der Waals surface area contributed by atoms with Crippen molar-refractivity contribution in [3.8, 4) is 5.69 Å². The van der Waals surface area contributed by atoms with E-state index < -0.39 is 17.2 Å². The second kappa shape index (κ2) is 9.79. The molecule has 0 saturated carbocycles. The molecule has 6 nitrogen and oxygen atoms in total. The Bertz CT molecular complexity index is 1420. The summed E-state index contributed by atoms with van der Waals surface area (Å²) in [5, 5.41) is 8.91. The lowest BCUT2D eigenvalue weighted by atomic mass is 10.0. The van der Waals surface area contributed by atoms with Crippen molar-refractivity contribution in [1.82, 2.24) is 14.3 Å². The molecule has 0 unspecified atom stereocenters. The first-order chi connectivity index (χ1) is 16.2. The molecule has 0 bridgehead atoms. The van der Waals surface area contributed by atoms with E-state index in [1.54, 1.807) is 29.9 Å². The number of pyridine rings is 1. The standard InChI is InChI=1S/C24H18Cl2F2N4O2/c1-14-10-17(29-31(14)2)13-34-30-23(18-8-7-16(27)11-21(18)28)15-6-9-22(33)32(12-15)24-19(25)4-3-5-20(24)26/h3-12H,13H2,1-2H3/b30-23-. The van der Waals surface area contributed by atoms with Crippen LogP contribution < -0.4 is 5.56 Å². The maximum absolute atomic E-state index is 14.7. The molecule has 4 rings (SSSR count). The van der Waals surface area contributed by atoms with Gasteiger partial charge in [-0.15, -0.1) is 0 Å². The number of nitrogens with zero attached hydrogens (tertiary/aromatic N) is 4. The Labute approximate surface area is 203 Å². The molecule has 4 aromatic rings. The minimum Gasteiger partial charge on any atom is -0.389 e. The van der Waals surface area contributed by atoms with E-state index in [9.17, 15) is 13.6 Å². The van der Waals surface area contributed by atoms with Crippen LogP contribution in [0.2, 0.25) is 10.0 Å². The molecule has 2 aromatic carbocycles. The fourth-order valence-corrected chi connectivity index (χ4v) is 3.91. The molecule has 0 radical (unpaired) electrons. The van der Waals surface area contributed by atoms with Crippen LogP contribution in [0.5, 0.6) is 0 Å². The summed E-state index contributed by atoms with van der Waals surface area (Å²) >= 11 is 12.6. The fourth-order valence-electron chi connectivity index (χ4n) is 3.33. The first kappa shape index (κ1) is 23.7. The molecule has 0 saturated heterocycles. The first-order valence-electron chi connectivity index (χ1n) is 10.1. The third-order valence-corrected chi connectivity index (χ3v) is 5.69. The fraction of sp³-hybridized carbons (Fsp3) is 0.125. The normalized spacial score (nSPS) is 11.6. The van der Waals surface area contributed by atoms with Crippen LogP contribution in [0.3, 0.4) is 0 Å². The predicted molar refractivity (Wildman–Crippen MR) is 127 cm³/mol. The van der Waals surface area contributed by atoms with Crippen molar-refractivity contribution in [2.24, 2.45) is 12.2 Å². The molecule has 0 aliphatic carbocycles. The Morgan fingerprint density at radius 1 is 1.09 bits per heavy atom. The quantitative estimate of drug-likeness (QED) is 0.260. The van der Waals surface area contributed by atoms with Crippen LogP contribution in [0.4, 0.5) is 8.78 Å². The van der Waals surface area contributed by atoms with E-state index in [1.807, 2.05) is 13.0 Å².